The third-order valence-corrected chi connectivity index (χ3v) is 3.13. The second-order valence-electron chi connectivity index (χ2n) is 4.92. The number of aromatic nitrogens is 2. The first-order valence-corrected chi connectivity index (χ1v) is 6.70. The second kappa shape index (κ2) is 5.69. The number of carbonyl (C=O) groups is 1. The minimum absolute atomic E-state index is 0.0509. The zero-order valence-electron chi connectivity index (χ0n) is 11.0. The SMILES string of the molecule is O=C(NC1CC1)c1cncc(NCc2cccnc2)c1. The van der Waals surface area contributed by atoms with Gasteiger partial charge in [-0.25, -0.2) is 0 Å². The molecule has 0 unspecified atom stereocenters. The molecule has 2 N–H and O–H groups in total. The molecule has 0 bridgehead atoms. The lowest BCUT2D eigenvalue weighted by molar-refractivity contribution is 0.0951. The zero-order valence-corrected chi connectivity index (χ0v) is 11.0. The molecule has 2 aromatic rings. The third-order valence-electron chi connectivity index (χ3n) is 3.13. The highest BCUT2D eigenvalue weighted by Crippen LogP contribution is 2.19. The maximum absolute atomic E-state index is 11.9. The Labute approximate surface area is 117 Å². The van der Waals surface area contributed by atoms with Crippen LogP contribution in [0.4, 0.5) is 5.69 Å². The smallest absolute Gasteiger partial charge is 0.253 e. The number of pyridine rings is 2. The summed E-state index contributed by atoms with van der Waals surface area (Å²) in [4.78, 5) is 20.1. The number of amides is 1. The van der Waals surface area contributed by atoms with Crippen molar-refractivity contribution in [3.05, 3.63) is 54.1 Å². The van der Waals surface area contributed by atoms with Gasteiger partial charge in [0, 0.05) is 37.4 Å². The van der Waals surface area contributed by atoms with Gasteiger partial charge in [-0.2, -0.15) is 0 Å². The maximum atomic E-state index is 11.9. The average Bonchev–Trinajstić information content (AvgIpc) is 3.30. The van der Waals surface area contributed by atoms with Crippen molar-refractivity contribution in [3.8, 4) is 0 Å². The molecule has 0 saturated heterocycles. The van der Waals surface area contributed by atoms with Crippen LogP contribution >= 0.6 is 0 Å². The van der Waals surface area contributed by atoms with Crippen molar-refractivity contribution in [2.75, 3.05) is 5.32 Å². The van der Waals surface area contributed by atoms with Gasteiger partial charge < -0.3 is 10.6 Å². The fourth-order valence-electron chi connectivity index (χ4n) is 1.86. The number of nitrogens with zero attached hydrogens (tertiary/aromatic N) is 2. The summed E-state index contributed by atoms with van der Waals surface area (Å²) < 4.78 is 0. The van der Waals surface area contributed by atoms with E-state index in [9.17, 15) is 4.79 Å². The number of hydrogen-bond acceptors (Lipinski definition) is 4. The third kappa shape index (κ3) is 3.32. The van der Waals surface area contributed by atoms with E-state index in [0.717, 1.165) is 24.1 Å². The van der Waals surface area contributed by atoms with Crippen molar-refractivity contribution >= 4 is 11.6 Å². The van der Waals surface area contributed by atoms with E-state index in [-0.39, 0.29) is 5.91 Å². The molecule has 0 atom stereocenters. The van der Waals surface area contributed by atoms with Crippen LogP contribution < -0.4 is 10.6 Å². The van der Waals surface area contributed by atoms with E-state index in [1.54, 1.807) is 18.6 Å². The van der Waals surface area contributed by atoms with Gasteiger partial charge >= 0.3 is 0 Å². The first kappa shape index (κ1) is 12.6. The quantitative estimate of drug-likeness (QED) is 0.870. The predicted molar refractivity (Wildman–Crippen MR) is 76.3 cm³/mol. The molecule has 1 amide bonds. The summed E-state index contributed by atoms with van der Waals surface area (Å²) in [6.45, 7) is 0.656. The number of anilines is 1. The molecule has 0 spiro atoms. The molecule has 102 valence electrons. The van der Waals surface area contributed by atoms with Crippen LogP contribution in [0.3, 0.4) is 0 Å². The van der Waals surface area contributed by atoms with Crippen molar-refractivity contribution in [2.24, 2.45) is 0 Å². The van der Waals surface area contributed by atoms with Crippen molar-refractivity contribution < 1.29 is 4.79 Å². The van der Waals surface area contributed by atoms with E-state index < -0.39 is 0 Å². The minimum Gasteiger partial charge on any atom is -0.380 e. The summed E-state index contributed by atoms with van der Waals surface area (Å²) >= 11 is 0. The Balaban J connectivity index is 1.63. The monoisotopic (exact) mass is 268 g/mol. The lowest BCUT2D eigenvalue weighted by Gasteiger charge is -2.08. The molecule has 20 heavy (non-hydrogen) atoms. The Hall–Kier alpha value is -2.43. The summed E-state index contributed by atoms with van der Waals surface area (Å²) in [7, 11) is 0. The Morgan fingerprint density at radius 3 is 2.90 bits per heavy atom. The summed E-state index contributed by atoms with van der Waals surface area (Å²) in [6.07, 6.45) is 9.02. The largest absolute Gasteiger partial charge is 0.380 e. The van der Waals surface area contributed by atoms with E-state index in [4.69, 9.17) is 0 Å². The molecule has 1 saturated carbocycles. The van der Waals surface area contributed by atoms with E-state index >= 15 is 0 Å². The first-order valence-electron chi connectivity index (χ1n) is 6.70. The molecule has 1 aliphatic carbocycles. The molecular weight excluding hydrogens is 252 g/mol. The summed E-state index contributed by atoms with van der Waals surface area (Å²) in [5.41, 5.74) is 2.51. The lowest BCUT2D eigenvalue weighted by atomic mass is 10.2. The molecule has 0 radical (unpaired) electrons. The van der Waals surface area contributed by atoms with Crippen LogP contribution in [0.5, 0.6) is 0 Å². The van der Waals surface area contributed by atoms with Gasteiger partial charge in [-0.05, 0) is 30.5 Å². The molecule has 2 aromatic heterocycles. The molecule has 2 heterocycles. The van der Waals surface area contributed by atoms with Gasteiger partial charge in [-0.15, -0.1) is 0 Å². The Kier molecular flexibility index (Phi) is 3.58. The van der Waals surface area contributed by atoms with Crippen molar-refractivity contribution in [1.29, 1.82) is 0 Å². The van der Waals surface area contributed by atoms with E-state index in [1.165, 1.54) is 0 Å². The molecule has 5 nitrogen and oxygen atoms in total. The zero-order chi connectivity index (χ0) is 13.8. The molecule has 0 aliphatic heterocycles. The fourth-order valence-corrected chi connectivity index (χ4v) is 1.86. The van der Waals surface area contributed by atoms with Crippen LogP contribution in [0.15, 0.2) is 43.0 Å². The first-order chi connectivity index (χ1) is 9.81. The Bertz CT molecular complexity index is 596. The summed E-state index contributed by atoms with van der Waals surface area (Å²) in [6, 6.07) is 6.07. The highest BCUT2D eigenvalue weighted by Gasteiger charge is 2.23. The highest BCUT2D eigenvalue weighted by molar-refractivity contribution is 5.95. The van der Waals surface area contributed by atoms with E-state index in [0.29, 0.717) is 18.2 Å². The number of rotatable bonds is 5. The van der Waals surface area contributed by atoms with Crippen LogP contribution in [0.2, 0.25) is 0 Å². The van der Waals surface area contributed by atoms with Gasteiger partial charge in [-0.3, -0.25) is 14.8 Å². The average molecular weight is 268 g/mol. The molecule has 1 fully saturated rings. The molecule has 1 aliphatic rings. The van der Waals surface area contributed by atoms with Crippen LogP contribution in [-0.2, 0) is 6.54 Å². The topological polar surface area (TPSA) is 66.9 Å². The summed E-state index contributed by atoms with van der Waals surface area (Å²) in [5, 5.41) is 6.20. The summed E-state index contributed by atoms with van der Waals surface area (Å²) in [5.74, 6) is -0.0509. The van der Waals surface area contributed by atoms with Crippen LogP contribution in [0.25, 0.3) is 0 Å². The normalized spacial score (nSPS) is 13.8. The van der Waals surface area contributed by atoms with E-state index in [1.807, 2.05) is 24.4 Å². The van der Waals surface area contributed by atoms with Crippen molar-refractivity contribution in [1.82, 2.24) is 15.3 Å². The predicted octanol–water partition coefficient (Wildman–Crippen LogP) is 1.98. The second-order valence-corrected chi connectivity index (χ2v) is 4.92. The van der Waals surface area contributed by atoms with Gasteiger partial charge in [0.15, 0.2) is 0 Å². The van der Waals surface area contributed by atoms with Gasteiger partial charge in [-0.1, -0.05) is 6.07 Å². The maximum Gasteiger partial charge on any atom is 0.253 e. The van der Waals surface area contributed by atoms with Crippen LogP contribution in [0.1, 0.15) is 28.8 Å². The molecule has 0 aromatic carbocycles. The van der Waals surface area contributed by atoms with Gasteiger partial charge in [0.25, 0.3) is 5.91 Å². The molecular formula is C15H16N4O. The van der Waals surface area contributed by atoms with Crippen LogP contribution in [-0.4, -0.2) is 21.9 Å². The minimum atomic E-state index is -0.0509. The lowest BCUT2D eigenvalue weighted by Crippen LogP contribution is -2.25. The highest BCUT2D eigenvalue weighted by atomic mass is 16.1. The van der Waals surface area contributed by atoms with Gasteiger partial charge in [0.05, 0.1) is 11.3 Å². The van der Waals surface area contributed by atoms with Crippen LogP contribution in [0, 0.1) is 0 Å². The van der Waals surface area contributed by atoms with Crippen molar-refractivity contribution in [2.45, 2.75) is 25.4 Å². The van der Waals surface area contributed by atoms with Crippen molar-refractivity contribution in [3.63, 3.8) is 0 Å². The molecule has 3 rings (SSSR count). The Morgan fingerprint density at radius 1 is 1.25 bits per heavy atom. The van der Waals surface area contributed by atoms with Gasteiger partial charge in [0.2, 0.25) is 0 Å². The fraction of sp³-hybridized carbons (Fsp3) is 0.267. The standard InChI is InChI=1S/C15H16N4O/c20-15(19-13-3-4-13)12-6-14(10-17-9-12)18-8-11-2-1-5-16-7-11/h1-2,5-7,9-10,13,18H,3-4,8H2,(H,19,20). The Morgan fingerprint density at radius 2 is 2.15 bits per heavy atom. The van der Waals surface area contributed by atoms with Gasteiger partial charge in [0.1, 0.15) is 0 Å². The van der Waals surface area contributed by atoms with E-state index in [2.05, 4.69) is 20.6 Å². The number of nitrogens with one attached hydrogen (secondary N) is 2. The number of hydrogen-bond donors (Lipinski definition) is 2. The molecule has 5 heteroatoms. The number of carbonyl (C=O) groups excluding carboxylic acids is 1.